The largest absolute Gasteiger partial charge is 0.450 e. The quantitative estimate of drug-likeness (QED) is 0.457. The minimum atomic E-state index is -3.71. The van der Waals surface area contributed by atoms with Crippen molar-refractivity contribution in [2.75, 3.05) is 38.6 Å². The number of amides is 5. The summed E-state index contributed by atoms with van der Waals surface area (Å²) in [6.45, 7) is 7.40. The molecule has 0 spiro atoms. The van der Waals surface area contributed by atoms with Gasteiger partial charge >= 0.3 is 12.1 Å². The first-order valence-corrected chi connectivity index (χ1v) is 15.7. The predicted molar refractivity (Wildman–Crippen MR) is 153 cm³/mol. The maximum Gasteiger partial charge on any atom is 0.410 e. The van der Waals surface area contributed by atoms with Gasteiger partial charge in [0.15, 0.2) is 0 Å². The summed E-state index contributed by atoms with van der Waals surface area (Å²) in [4.78, 5) is 52.7. The molecule has 0 saturated carbocycles. The Morgan fingerprint density at radius 1 is 1.05 bits per heavy atom. The lowest BCUT2D eigenvalue weighted by atomic mass is 9.94. The van der Waals surface area contributed by atoms with Crippen LogP contribution < -0.4 is 16.0 Å². The molecule has 4 rings (SSSR count). The number of nitrogens with one attached hydrogen (secondary N) is 3. The molecule has 3 N–H and O–H groups in total. The number of anilines is 1. The fourth-order valence-corrected chi connectivity index (χ4v) is 8.17. The van der Waals surface area contributed by atoms with Gasteiger partial charge in [0.2, 0.25) is 10.0 Å². The average Bonchev–Trinajstić information content (AvgIpc) is 3.29. The number of imide groups is 1. The number of piperidine rings is 1. The van der Waals surface area contributed by atoms with E-state index in [1.807, 2.05) is 13.8 Å². The second-order valence-corrected chi connectivity index (χ2v) is 13.4. The molecule has 2 unspecified atom stereocenters. The zero-order valence-corrected chi connectivity index (χ0v) is 25.1. The van der Waals surface area contributed by atoms with Crippen LogP contribution in [0.1, 0.15) is 58.3 Å². The predicted octanol–water partition coefficient (Wildman–Crippen LogP) is 3.25. The summed E-state index contributed by atoms with van der Waals surface area (Å²) in [5.41, 5.74) is 0.984. The summed E-state index contributed by atoms with van der Waals surface area (Å²) in [6, 6.07) is 4.97. The molecule has 41 heavy (non-hydrogen) atoms. The molecule has 0 radical (unpaired) electrons. The molecule has 3 heterocycles. The molecule has 222 valence electrons. The van der Waals surface area contributed by atoms with E-state index < -0.39 is 34.0 Å². The van der Waals surface area contributed by atoms with Crippen LogP contribution >= 0.6 is 11.3 Å². The standard InChI is InChI=1S/C27H35N5O7S2/c1-5-39-27(36)31-11-10-20-21(15-31)40-25(22(20)24(34)30-26(35)28-4)29-23(33)18-6-8-19(9-7-18)41(37,38)32-13-16(2)12-17(3)14-32/h6-9,16-17H,5,10-15H2,1-4H3,(H,29,33)(H2,28,30,34,35). The van der Waals surface area contributed by atoms with Crippen LogP contribution in [0.5, 0.6) is 0 Å². The Hall–Kier alpha value is -3.49. The number of ether oxygens (including phenoxy) is 1. The SMILES string of the molecule is CCOC(=O)N1CCc2c(sc(NC(=O)c3ccc(S(=O)(=O)N4CC(C)CC(C)C4)cc3)c2C(=O)NC(=O)NC)C1. The molecule has 14 heteroatoms. The third kappa shape index (κ3) is 6.71. The molecule has 1 fully saturated rings. The van der Waals surface area contributed by atoms with Gasteiger partial charge < -0.3 is 20.3 Å². The van der Waals surface area contributed by atoms with Gasteiger partial charge in [-0.25, -0.2) is 18.0 Å². The highest BCUT2D eigenvalue weighted by molar-refractivity contribution is 7.89. The Labute approximate surface area is 243 Å². The number of hydrogen-bond acceptors (Lipinski definition) is 8. The maximum absolute atomic E-state index is 13.2. The lowest BCUT2D eigenvalue weighted by molar-refractivity contribution is 0.0963. The number of sulfonamides is 1. The highest BCUT2D eigenvalue weighted by Crippen LogP contribution is 2.38. The van der Waals surface area contributed by atoms with Gasteiger partial charge in [-0.15, -0.1) is 11.3 Å². The van der Waals surface area contributed by atoms with E-state index in [9.17, 15) is 27.6 Å². The van der Waals surface area contributed by atoms with Crippen LogP contribution in [0.15, 0.2) is 29.2 Å². The van der Waals surface area contributed by atoms with Gasteiger partial charge in [-0.05, 0) is 61.4 Å². The minimum Gasteiger partial charge on any atom is -0.450 e. The third-order valence-corrected chi connectivity index (χ3v) is 10.1. The number of hydrogen-bond donors (Lipinski definition) is 3. The summed E-state index contributed by atoms with van der Waals surface area (Å²) in [5, 5.41) is 7.54. The number of carbonyl (C=O) groups excluding carboxylic acids is 4. The Kier molecular flexibility index (Phi) is 9.34. The van der Waals surface area contributed by atoms with E-state index in [0.29, 0.717) is 36.5 Å². The van der Waals surface area contributed by atoms with Gasteiger partial charge in [0.1, 0.15) is 5.00 Å². The molecule has 2 atom stereocenters. The Balaban J connectivity index is 1.57. The van der Waals surface area contributed by atoms with Crippen LogP contribution in [0.3, 0.4) is 0 Å². The van der Waals surface area contributed by atoms with E-state index in [0.717, 1.165) is 17.8 Å². The van der Waals surface area contributed by atoms with Crippen LogP contribution in [0.2, 0.25) is 0 Å². The van der Waals surface area contributed by atoms with Crippen molar-refractivity contribution in [2.45, 2.75) is 45.1 Å². The number of benzene rings is 1. The number of carbonyl (C=O) groups is 4. The van der Waals surface area contributed by atoms with Crippen molar-refractivity contribution in [3.8, 4) is 0 Å². The molecule has 2 aliphatic heterocycles. The van der Waals surface area contributed by atoms with Gasteiger partial charge in [-0.1, -0.05) is 13.8 Å². The maximum atomic E-state index is 13.2. The Morgan fingerprint density at radius 2 is 1.71 bits per heavy atom. The van der Waals surface area contributed by atoms with Crippen molar-refractivity contribution in [3.63, 3.8) is 0 Å². The molecule has 0 aliphatic carbocycles. The Morgan fingerprint density at radius 3 is 2.32 bits per heavy atom. The van der Waals surface area contributed by atoms with Crippen LogP contribution in [-0.2, 0) is 27.7 Å². The zero-order valence-electron chi connectivity index (χ0n) is 23.5. The number of thiophene rings is 1. The van der Waals surface area contributed by atoms with Gasteiger partial charge in [0.25, 0.3) is 11.8 Å². The number of urea groups is 1. The summed E-state index contributed by atoms with van der Waals surface area (Å²) < 4.78 is 33.0. The van der Waals surface area contributed by atoms with Crippen molar-refractivity contribution in [3.05, 3.63) is 45.8 Å². The minimum absolute atomic E-state index is 0.103. The van der Waals surface area contributed by atoms with Crippen LogP contribution in [0.4, 0.5) is 14.6 Å². The van der Waals surface area contributed by atoms with Crippen molar-refractivity contribution in [1.82, 2.24) is 19.8 Å². The first-order chi connectivity index (χ1) is 19.4. The van der Waals surface area contributed by atoms with E-state index in [4.69, 9.17) is 4.74 Å². The molecule has 1 saturated heterocycles. The molecular formula is C27H35N5O7S2. The fourth-order valence-electron chi connectivity index (χ4n) is 5.24. The van der Waals surface area contributed by atoms with Gasteiger partial charge in [-0.3, -0.25) is 14.9 Å². The van der Waals surface area contributed by atoms with Crippen LogP contribution in [0.25, 0.3) is 0 Å². The molecule has 2 aliphatic rings. The molecule has 5 amide bonds. The third-order valence-electron chi connectivity index (χ3n) is 7.08. The second-order valence-electron chi connectivity index (χ2n) is 10.4. The summed E-state index contributed by atoms with van der Waals surface area (Å²) in [6.07, 6.45) is 0.829. The smallest absolute Gasteiger partial charge is 0.410 e. The van der Waals surface area contributed by atoms with Gasteiger partial charge in [0.05, 0.1) is 23.6 Å². The molecule has 1 aromatic carbocycles. The van der Waals surface area contributed by atoms with E-state index in [1.165, 1.54) is 40.5 Å². The Bertz CT molecular complexity index is 1430. The second kappa shape index (κ2) is 12.6. The summed E-state index contributed by atoms with van der Waals surface area (Å²) >= 11 is 1.14. The average molecular weight is 606 g/mol. The molecular weight excluding hydrogens is 570 g/mol. The van der Waals surface area contributed by atoms with Crippen molar-refractivity contribution >= 4 is 50.3 Å². The first kappa shape index (κ1) is 30.5. The topological polar surface area (TPSA) is 154 Å². The summed E-state index contributed by atoms with van der Waals surface area (Å²) in [7, 11) is -2.33. The summed E-state index contributed by atoms with van der Waals surface area (Å²) in [5.74, 6) is -0.721. The highest BCUT2D eigenvalue weighted by atomic mass is 32.2. The highest BCUT2D eigenvalue weighted by Gasteiger charge is 2.33. The number of nitrogens with zero attached hydrogens (tertiary/aromatic N) is 2. The van der Waals surface area contributed by atoms with E-state index in [2.05, 4.69) is 16.0 Å². The zero-order chi connectivity index (χ0) is 29.9. The van der Waals surface area contributed by atoms with Gasteiger partial charge in [0, 0.05) is 37.1 Å². The van der Waals surface area contributed by atoms with E-state index in [-0.39, 0.29) is 46.0 Å². The fraction of sp³-hybridized carbons (Fsp3) is 0.481. The van der Waals surface area contributed by atoms with E-state index >= 15 is 0 Å². The van der Waals surface area contributed by atoms with E-state index in [1.54, 1.807) is 6.92 Å². The number of fused-ring (bicyclic) bond motifs is 1. The van der Waals surface area contributed by atoms with Gasteiger partial charge in [-0.2, -0.15) is 4.31 Å². The normalized spacial score (nSPS) is 19.2. The molecule has 1 aromatic heterocycles. The van der Waals surface area contributed by atoms with Crippen molar-refractivity contribution in [2.24, 2.45) is 11.8 Å². The van der Waals surface area contributed by atoms with Crippen molar-refractivity contribution in [1.29, 1.82) is 0 Å². The lowest BCUT2D eigenvalue weighted by Crippen LogP contribution is -2.42. The van der Waals surface area contributed by atoms with Crippen molar-refractivity contribution < 1.29 is 32.3 Å². The molecule has 12 nitrogen and oxygen atoms in total. The number of rotatable bonds is 6. The first-order valence-electron chi connectivity index (χ1n) is 13.4. The monoisotopic (exact) mass is 605 g/mol. The molecule has 2 aromatic rings. The lowest BCUT2D eigenvalue weighted by Gasteiger charge is -2.34. The van der Waals surface area contributed by atoms with Crippen LogP contribution in [0, 0.1) is 11.8 Å². The molecule has 0 bridgehead atoms. The van der Waals surface area contributed by atoms with Crippen LogP contribution in [-0.4, -0.2) is 74.9 Å².